The summed E-state index contributed by atoms with van der Waals surface area (Å²) in [6.45, 7) is -4.89. The van der Waals surface area contributed by atoms with Crippen molar-refractivity contribution >= 4 is 81.7 Å². The number of benzene rings is 2. The van der Waals surface area contributed by atoms with E-state index in [1.807, 2.05) is 12.1 Å². The van der Waals surface area contributed by atoms with E-state index in [2.05, 4.69) is 45.6 Å². The number of anilines is 2. The number of thiocarbonyl (C=S) groups is 1. The maximum absolute atomic E-state index is 16.9. The Morgan fingerprint density at radius 3 is 1.81 bits per heavy atom. The largest absolute Gasteiger partial charge is 0.456 e. The summed E-state index contributed by atoms with van der Waals surface area (Å²) in [4.78, 5) is 51.5. The van der Waals surface area contributed by atoms with Crippen LogP contribution in [0.1, 0.15) is 46.0 Å². The number of halogens is 2. The van der Waals surface area contributed by atoms with E-state index in [0.717, 1.165) is 6.33 Å². The normalized spacial score (nSPS) is 23.1. The van der Waals surface area contributed by atoms with Crippen molar-refractivity contribution in [2.45, 2.75) is 62.1 Å². The van der Waals surface area contributed by atoms with Gasteiger partial charge in [-0.3, -0.25) is 18.7 Å². The lowest BCUT2D eigenvalue weighted by molar-refractivity contribution is -0.0219. The molecule has 0 bridgehead atoms. The van der Waals surface area contributed by atoms with Crippen LogP contribution in [0.25, 0.3) is 22.3 Å². The zero-order chi connectivity index (χ0) is 47.8. The first-order valence-corrected chi connectivity index (χ1v) is 23.7. The highest BCUT2D eigenvalue weighted by atomic mass is 32.5. The van der Waals surface area contributed by atoms with E-state index in [1.54, 1.807) is 60.7 Å². The number of nitrogens with two attached hydrogens (primary N) is 1. The second-order valence-corrected chi connectivity index (χ2v) is 18.3. The summed E-state index contributed by atoms with van der Waals surface area (Å²) in [5.74, 6) is -0.809. The summed E-state index contributed by atoms with van der Waals surface area (Å²) in [6.07, 6.45) is -7.55. The molecule has 0 aliphatic carbocycles. The highest BCUT2D eigenvalue weighted by Crippen LogP contribution is 2.50. The number of hydrogen-bond acceptors (Lipinski definition) is 19. The molecule has 9 atom stereocenters. The first-order valence-electron chi connectivity index (χ1n) is 20.6. The lowest BCUT2D eigenvalue weighted by atomic mass is 10.1. The van der Waals surface area contributed by atoms with Gasteiger partial charge in [0, 0.05) is 36.4 Å². The highest BCUT2D eigenvalue weighted by Gasteiger charge is 2.52. The number of ether oxygens (including phenoxy) is 4. The van der Waals surface area contributed by atoms with Gasteiger partial charge in [-0.2, -0.15) is 10.5 Å². The molecular formula is C41H39F2N14O8PS2. The lowest BCUT2D eigenvalue weighted by Gasteiger charge is -2.30. The molecule has 2 amide bonds. The van der Waals surface area contributed by atoms with Crippen molar-refractivity contribution in [1.29, 1.82) is 10.5 Å². The Hall–Kier alpha value is -6.58. The van der Waals surface area contributed by atoms with Crippen molar-refractivity contribution in [3.8, 4) is 12.1 Å². The van der Waals surface area contributed by atoms with Crippen LogP contribution in [-0.2, 0) is 39.8 Å². The molecule has 68 heavy (non-hydrogen) atoms. The van der Waals surface area contributed by atoms with E-state index in [0.29, 0.717) is 11.1 Å². The Morgan fingerprint density at radius 1 is 0.765 bits per heavy atom. The van der Waals surface area contributed by atoms with E-state index in [-0.39, 0.29) is 73.1 Å². The smallest absolute Gasteiger partial charge is 0.352 e. The van der Waals surface area contributed by atoms with Crippen LogP contribution in [-0.4, -0.2) is 119 Å². The van der Waals surface area contributed by atoms with Crippen LogP contribution in [0.4, 0.5) is 20.4 Å². The first kappa shape index (κ1) is 47.9. The van der Waals surface area contributed by atoms with Gasteiger partial charge in [0.1, 0.15) is 37.6 Å². The Bertz CT molecular complexity index is 2910. The molecule has 2 fully saturated rings. The topological polar surface area (TPSA) is 286 Å². The van der Waals surface area contributed by atoms with Crippen LogP contribution >= 0.6 is 18.9 Å². The Morgan fingerprint density at radius 2 is 1.28 bits per heavy atom. The van der Waals surface area contributed by atoms with Crippen molar-refractivity contribution in [2.24, 2.45) is 5.73 Å². The second kappa shape index (κ2) is 21.6. The van der Waals surface area contributed by atoms with Gasteiger partial charge in [0.05, 0.1) is 44.2 Å². The molecule has 352 valence electrons. The fraction of sp³-hybridized carbons (Fsp3) is 0.341. The molecule has 4 aromatic heterocycles. The maximum atomic E-state index is 16.9. The van der Waals surface area contributed by atoms with Gasteiger partial charge in [-0.05, 0) is 36.1 Å². The summed E-state index contributed by atoms with van der Waals surface area (Å²) in [6, 6.07) is 20.7. The summed E-state index contributed by atoms with van der Waals surface area (Å²) < 4.78 is 72.0. The molecule has 1 unspecified atom stereocenters. The number of amides is 2. The van der Waals surface area contributed by atoms with Gasteiger partial charge in [-0.15, -0.1) is 0 Å². The zero-order valence-corrected chi connectivity index (χ0v) is 37.8. The minimum atomic E-state index is -3.89. The van der Waals surface area contributed by atoms with E-state index >= 15 is 8.78 Å². The fourth-order valence-corrected chi connectivity index (χ4v) is 9.74. The van der Waals surface area contributed by atoms with Gasteiger partial charge < -0.3 is 44.4 Å². The molecule has 27 heteroatoms. The molecule has 2 aliphatic heterocycles. The van der Waals surface area contributed by atoms with Gasteiger partial charge in [0.15, 0.2) is 64.9 Å². The third-order valence-electron chi connectivity index (χ3n) is 10.5. The van der Waals surface area contributed by atoms with Crippen molar-refractivity contribution in [1.82, 2.24) is 44.1 Å². The van der Waals surface area contributed by atoms with Gasteiger partial charge in [0.25, 0.3) is 18.5 Å². The number of nitrogens with zero attached hydrogens (tertiary/aromatic N) is 10. The molecule has 2 aliphatic rings. The van der Waals surface area contributed by atoms with Gasteiger partial charge >= 0.3 is 5.24 Å². The molecule has 8 rings (SSSR count). The number of carbonyl (C=O) groups is 2. The molecule has 0 saturated carbocycles. The summed E-state index contributed by atoms with van der Waals surface area (Å²) in [5, 5.41) is 26.2. The SMILES string of the molecule is N#CCCOC(=S)O[C@H]1[C@@H](F)[C@H](n2cnc3c(NC(=O)c4ccccc4)ncnc32)O[C@@H]1CNP(=S)(OCCC#N)O[C@H]1[C@@H](F)[C@H](n2cnc3c(NC(=O)c4ccccc4)ncnc32)O[C@@H]1CN. The van der Waals surface area contributed by atoms with Gasteiger partial charge in [-0.1, -0.05) is 36.4 Å². The lowest BCUT2D eigenvalue weighted by Crippen LogP contribution is -2.41. The van der Waals surface area contributed by atoms with Crippen LogP contribution in [0.15, 0.2) is 86.0 Å². The maximum Gasteiger partial charge on any atom is 0.352 e. The average Bonchev–Trinajstić information content (AvgIpc) is 4.13. The number of nitriles is 2. The van der Waals surface area contributed by atoms with Gasteiger partial charge in [-0.25, -0.2) is 43.8 Å². The number of imidazole rings is 2. The molecule has 0 spiro atoms. The summed E-state index contributed by atoms with van der Waals surface area (Å²) in [7, 11) is 0. The van der Waals surface area contributed by atoms with E-state index in [4.69, 9.17) is 63.0 Å². The molecule has 6 aromatic rings. The Balaban J connectivity index is 1.02. The first-order chi connectivity index (χ1) is 33.0. The predicted molar refractivity (Wildman–Crippen MR) is 243 cm³/mol. The zero-order valence-electron chi connectivity index (χ0n) is 35.3. The molecule has 5 N–H and O–H groups in total. The monoisotopic (exact) mass is 988 g/mol. The van der Waals surface area contributed by atoms with Crippen LogP contribution in [0.5, 0.6) is 0 Å². The molecular weight excluding hydrogens is 950 g/mol. The van der Waals surface area contributed by atoms with E-state index in [1.165, 1.54) is 28.1 Å². The molecule has 22 nitrogen and oxygen atoms in total. The van der Waals surface area contributed by atoms with Crippen molar-refractivity contribution in [3.05, 3.63) is 97.1 Å². The van der Waals surface area contributed by atoms with Crippen LogP contribution in [0.3, 0.4) is 0 Å². The number of hydrogen-bond donors (Lipinski definition) is 4. The fourth-order valence-electron chi connectivity index (χ4n) is 7.27. The quantitative estimate of drug-likeness (QED) is 0.0529. The third-order valence-corrected chi connectivity index (χ3v) is 13.2. The van der Waals surface area contributed by atoms with Crippen molar-refractivity contribution in [2.75, 3.05) is 36.9 Å². The van der Waals surface area contributed by atoms with Gasteiger partial charge in [0.2, 0.25) is 0 Å². The second-order valence-electron chi connectivity index (χ2n) is 14.7. The Labute approximate surface area is 395 Å². The van der Waals surface area contributed by atoms with Crippen LogP contribution < -0.4 is 21.5 Å². The number of fused-ring (bicyclic) bond motifs is 2. The number of nitrogens with one attached hydrogen (secondary N) is 3. The van der Waals surface area contributed by atoms with Crippen LogP contribution in [0, 0.1) is 22.7 Å². The standard InChI is InChI=1S/C41H39F2N14O8PS2/c42-27-31(64-41(67)60-15-7-13-44)26(63-39(27)56-21-51-29-33(47-19-49-35(29)56)54-37(58)23-9-3-1-4-10-23)18-53-66(68,61-16-8-14-45)65-32-25(17-46)62-40(28(32)43)57-22-52-30-34(48-20-50-36(30)57)55-38(59)24-11-5-2-6-12-24/h1-6,9-12,19-22,25-28,31-32,39-40H,7-8,15-18,46H2,(H,53,68)(H,47,49,54,58)(H,48,50,55,59)/t25-,26-,27-,28-,31-,32-,39-,40-,66?/m1/s1. The third kappa shape index (κ3) is 10.4. The molecule has 6 heterocycles. The molecule has 0 radical (unpaired) electrons. The minimum Gasteiger partial charge on any atom is -0.456 e. The van der Waals surface area contributed by atoms with E-state index < -0.39 is 72.9 Å². The minimum absolute atomic E-state index is 0.0363. The van der Waals surface area contributed by atoms with Crippen molar-refractivity contribution < 1.29 is 46.4 Å². The average molecular weight is 989 g/mol. The highest BCUT2D eigenvalue weighted by molar-refractivity contribution is 8.09. The number of carbonyl (C=O) groups excluding carboxylic acids is 2. The number of aromatic nitrogens is 8. The van der Waals surface area contributed by atoms with Crippen LogP contribution in [0.2, 0.25) is 0 Å². The van der Waals surface area contributed by atoms with Crippen molar-refractivity contribution in [3.63, 3.8) is 0 Å². The summed E-state index contributed by atoms with van der Waals surface area (Å²) >= 11 is 11.1. The predicted octanol–water partition coefficient (Wildman–Crippen LogP) is 4.33. The molecule has 2 aromatic carbocycles. The summed E-state index contributed by atoms with van der Waals surface area (Å²) in [5.41, 5.74) is 7.30. The molecule has 2 saturated heterocycles. The van der Waals surface area contributed by atoms with E-state index in [9.17, 15) is 14.9 Å². The Kier molecular flexibility index (Phi) is 15.2. The number of rotatable bonds is 18. The number of alkyl halides is 2.